The van der Waals surface area contributed by atoms with Crippen molar-refractivity contribution in [3.63, 3.8) is 0 Å². The van der Waals surface area contributed by atoms with Crippen molar-refractivity contribution in [1.29, 1.82) is 0 Å². The molecule has 17 heavy (non-hydrogen) atoms. The Labute approximate surface area is 99.3 Å². The van der Waals surface area contributed by atoms with Gasteiger partial charge >= 0.3 is 6.18 Å². The van der Waals surface area contributed by atoms with E-state index < -0.39 is 12.6 Å². The molecule has 2 aliphatic rings. The van der Waals surface area contributed by atoms with Crippen LogP contribution >= 0.6 is 0 Å². The number of nitrogens with one attached hydrogen (secondary N) is 1. The number of morpholine rings is 1. The van der Waals surface area contributed by atoms with E-state index in [-0.39, 0.29) is 12.6 Å². The highest BCUT2D eigenvalue weighted by Crippen LogP contribution is 2.22. The molecule has 0 amide bonds. The van der Waals surface area contributed by atoms with Gasteiger partial charge in [-0.15, -0.1) is 0 Å². The van der Waals surface area contributed by atoms with Gasteiger partial charge in [0.05, 0.1) is 19.6 Å². The normalized spacial score (nSPS) is 27.4. The highest BCUT2D eigenvalue weighted by molar-refractivity contribution is 4.85. The third kappa shape index (κ3) is 4.81. The molecule has 0 bridgehead atoms. The summed E-state index contributed by atoms with van der Waals surface area (Å²) in [6, 6.07) is 0.674. The maximum Gasteiger partial charge on any atom is 0.390 e. The highest BCUT2D eigenvalue weighted by atomic mass is 19.4. The predicted molar refractivity (Wildman–Crippen MR) is 57.9 cm³/mol. The average Bonchev–Trinajstić information content (AvgIpc) is 3.07. The summed E-state index contributed by atoms with van der Waals surface area (Å²) in [6.07, 6.45) is -2.41. The van der Waals surface area contributed by atoms with Gasteiger partial charge in [0.15, 0.2) is 0 Å². The van der Waals surface area contributed by atoms with Crippen LogP contribution < -0.4 is 5.32 Å². The van der Waals surface area contributed by atoms with Crippen LogP contribution in [-0.4, -0.2) is 56.0 Å². The lowest BCUT2D eigenvalue weighted by molar-refractivity contribution is -0.142. The molecule has 1 heterocycles. The van der Waals surface area contributed by atoms with E-state index in [2.05, 4.69) is 5.32 Å². The lowest BCUT2D eigenvalue weighted by atomic mass is 10.2. The maximum absolute atomic E-state index is 12.2. The molecule has 2 fully saturated rings. The zero-order valence-electron chi connectivity index (χ0n) is 9.80. The van der Waals surface area contributed by atoms with E-state index >= 15 is 0 Å². The number of hydrogen-bond acceptors (Lipinski definition) is 3. The minimum absolute atomic E-state index is 0.0872. The minimum atomic E-state index is -4.06. The summed E-state index contributed by atoms with van der Waals surface area (Å²) in [5.74, 6) is 0. The zero-order valence-corrected chi connectivity index (χ0v) is 9.80. The molecule has 0 spiro atoms. The molecule has 0 aromatic heterocycles. The Hall–Kier alpha value is -0.330. The molecule has 6 heteroatoms. The zero-order chi connectivity index (χ0) is 12.3. The van der Waals surface area contributed by atoms with Gasteiger partial charge in [0.25, 0.3) is 0 Å². The molecule has 1 saturated heterocycles. The number of ether oxygens (including phenoxy) is 1. The smallest absolute Gasteiger partial charge is 0.378 e. The molecule has 1 unspecified atom stereocenters. The molecular formula is C11H19F3N2O. The molecule has 1 aliphatic heterocycles. The molecule has 0 radical (unpaired) electrons. The molecule has 1 saturated carbocycles. The van der Waals surface area contributed by atoms with Crippen molar-refractivity contribution in [1.82, 2.24) is 10.2 Å². The number of halogens is 3. The fraction of sp³-hybridized carbons (Fsp3) is 1.00. The van der Waals surface area contributed by atoms with Crippen LogP contribution in [0.4, 0.5) is 13.2 Å². The van der Waals surface area contributed by atoms with E-state index in [1.54, 1.807) is 0 Å². The first-order valence-corrected chi connectivity index (χ1v) is 6.16. The topological polar surface area (TPSA) is 24.5 Å². The number of rotatable bonds is 5. The van der Waals surface area contributed by atoms with Crippen LogP contribution in [-0.2, 0) is 4.74 Å². The summed E-state index contributed by atoms with van der Waals surface area (Å²) in [5, 5.41) is 3.35. The SMILES string of the molecule is FC(F)(F)CCN1CCOCC1CNC1CC1. The summed E-state index contributed by atoms with van der Waals surface area (Å²) >= 11 is 0. The van der Waals surface area contributed by atoms with Gasteiger partial charge in [-0.1, -0.05) is 0 Å². The first kappa shape index (κ1) is 13.1. The fourth-order valence-electron chi connectivity index (χ4n) is 2.03. The number of alkyl halides is 3. The molecule has 1 N–H and O–H groups in total. The molecular weight excluding hydrogens is 233 g/mol. The second kappa shape index (κ2) is 5.54. The summed E-state index contributed by atoms with van der Waals surface area (Å²) in [5.41, 5.74) is 0. The molecule has 100 valence electrons. The molecule has 1 aliphatic carbocycles. The van der Waals surface area contributed by atoms with Crippen molar-refractivity contribution < 1.29 is 17.9 Å². The van der Waals surface area contributed by atoms with Gasteiger partial charge in [-0.3, -0.25) is 4.90 Å². The number of nitrogens with zero attached hydrogens (tertiary/aromatic N) is 1. The van der Waals surface area contributed by atoms with Crippen LogP contribution in [0.2, 0.25) is 0 Å². The second-order valence-corrected chi connectivity index (χ2v) is 4.81. The van der Waals surface area contributed by atoms with E-state index in [9.17, 15) is 13.2 Å². The molecule has 3 nitrogen and oxygen atoms in total. The Bertz CT molecular complexity index is 243. The molecule has 0 aromatic rings. The van der Waals surface area contributed by atoms with Crippen molar-refractivity contribution in [2.24, 2.45) is 0 Å². The standard InChI is InChI=1S/C11H19F3N2O/c12-11(13,14)3-4-16-5-6-17-8-10(16)7-15-9-1-2-9/h9-10,15H,1-8H2. The van der Waals surface area contributed by atoms with Crippen molar-refractivity contribution in [3.8, 4) is 0 Å². The van der Waals surface area contributed by atoms with Crippen LogP contribution in [0.3, 0.4) is 0 Å². The summed E-state index contributed by atoms with van der Waals surface area (Å²) in [6.45, 7) is 2.51. The van der Waals surface area contributed by atoms with Gasteiger partial charge in [0.1, 0.15) is 0 Å². The van der Waals surface area contributed by atoms with Crippen molar-refractivity contribution >= 4 is 0 Å². The predicted octanol–water partition coefficient (Wildman–Crippen LogP) is 1.39. The Kier molecular flexibility index (Phi) is 4.27. The Balaban J connectivity index is 1.74. The molecule has 2 rings (SSSR count). The Morgan fingerprint density at radius 1 is 1.29 bits per heavy atom. The quantitative estimate of drug-likeness (QED) is 0.800. The Morgan fingerprint density at radius 2 is 2.06 bits per heavy atom. The lowest BCUT2D eigenvalue weighted by Gasteiger charge is -2.36. The maximum atomic E-state index is 12.2. The summed E-state index contributed by atoms with van der Waals surface area (Å²) in [4.78, 5) is 1.90. The van der Waals surface area contributed by atoms with Crippen LogP contribution in [0.1, 0.15) is 19.3 Å². The lowest BCUT2D eigenvalue weighted by Crippen LogP contribution is -2.51. The van der Waals surface area contributed by atoms with Crippen molar-refractivity contribution in [2.75, 3.05) is 32.8 Å². The van der Waals surface area contributed by atoms with Gasteiger partial charge in [-0.05, 0) is 12.8 Å². The molecule has 0 aromatic carbocycles. The number of hydrogen-bond donors (Lipinski definition) is 1. The van der Waals surface area contributed by atoms with Gasteiger partial charge in [0.2, 0.25) is 0 Å². The monoisotopic (exact) mass is 252 g/mol. The fourth-order valence-corrected chi connectivity index (χ4v) is 2.03. The second-order valence-electron chi connectivity index (χ2n) is 4.81. The van der Waals surface area contributed by atoms with Crippen LogP contribution in [0, 0.1) is 0 Å². The molecule has 1 atom stereocenters. The third-order valence-corrected chi connectivity index (χ3v) is 3.25. The van der Waals surface area contributed by atoms with E-state index in [0.717, 1.165) is 6.54 Å². The van der Waals surface area contributed by atoms with Crippen molar-refractivity contribution in [2.45, 2.75) is 37.5 Å². The van der Waals surface area contributed by atoms with Crippen LogP contribution in [0.5, 0.6) is 0 Å². The highest BCUT2D eigenvalue weighted by Gasteiger charge is 2.31. The van der Waals surface area contributed by atoms with Gasteiger partial charge in [-0.2, -0.15) is 13.2 Å². The van der Waals surface area contributed by atoms with Gasteiger partial charge < -0.3 is 10.1 Å². The van der Waals surface area contributed by atoms with Gasteiger partial charge in [0, 0.05) is 31.7 Å². The largest absolute Gasteiger partial charge is 0.390 e. The first-order chi connectivity index (χ1) is 8.04. The third-order valence-electron chi connectivity index (χ3n) is 3.25. The minimum Gasteiger partial charge on any atom is -0.378 e. The van der Waals surface area contributed by atoms with Crippen LogP contribution in [0.15, 0.2) is 0 Å². The first-order valence-electron chi connectivity index (χ1n) is 6.16. The van der Waals surface area contributed by atoms with Crippen LogP contribution in [0.25, 0.3) is 0 Å². The van der Waals surface area contributed by atoms with Crippen molar-refractivity contribution in [3.05, 3.63) is 0 Å². The van der Waals surface area contributed by atoms with E-state index in [4.69, 9.17) is 4.74 Å². The van der Waals surface area contributed by atoms with E-state index in [0.29, 0.717) is 25.8 Å². The van der Waals surface area contributed by atoms with E-state index in [1.165, 1.54) is 12.8 Å². The summed E-state index contributed by atoms with van der Waals surface area (Å²) < 4.78 is 41.9. The Morgan fingerprint density at radius 3 is 2.71 bits per heavy atom. The van der Waals surface area contributed by atoms with E-state index in [1.807, 2.05) is 4.90 Å². The average molecular weight is 252 g/mol. The summed E-state index contributed by atoms with van der Waals surface area (Å²) in [7, 11) is 0. The van der Waals surface area contributed by atoms with Gasteiger partial charge in [-0.25, -0.2) is 0 Å².